The Balaban J connectivity index is 1.65. The molecule has 0 unspecified atom stereocenters. The van der Waals surface area contributed by atoms with Gasteiger partial charge in [0.25, 0.3) is 5.91 Å². The van der Waals surface area contributed by atoms with E-state index in [2.05, 4.69) is 27.9 Å². The van der Waals surface area contributed by atoms with Gasteiger partial charge in [-0.25, -0.2) is 4.39 Å². The largest absolute Gasteiger partial charge is 0.489 e. The first-order chi connectivity index (χ1) is 14.0. The second-order valence-corrected chi connectivity index (χ2v) is 7.25. The van der Waals surface area contributed by atoms with E-state index in [0.717, 1.165) is 9.13 Å². The second-order valence-electron chi connectivity index (χ2n) is 6.09. The number of anilines is 1. The van der Waals surface area contributed by atoms with Gasteiger partial charge in [0.15, 0.2) is 0 Å². The van der Waals surface area contributed by atoms with E-state index in [-0.39, 0.29) is 11.4 Å². The fourth-order valence-electron chi connectivity index (χ4n) is 2.48. The summed E-state index contributed by atoms with van der Waals surface area (Å²) in [6.45, 7) is 0.316. The first-order valence-electron chi connectivity index (χ1n) is 8.70. The highest BCUT2D eigenvalue weighted by atomic mass is 127. The highest BCUT2D eigenvalue weighted by molar-refractivity contribution is 14.1. The van der Waals surface area contributed by atoms with Gasteiger partial charge >= 0.3 is 0 Å². The van der Waals surface area contributed by atoms with E-state index in [1.165, 1.54) is 18.2 Å². The van der Waals surface area contributed by atoms with E-state index < -0.39 is 5.91 Å². The average Bonchev–Trinajstić information content (AvgIpc) is 2.74. The molecule has 3 aromatic rings. The van der Waals surface area contributed by atoms with Gasteiger partial charge in [0, 0.05) is 3.57 Å². The van der Waals surface area contributed by atoms with E-state index in [0.29, 0.717) is 23.6 Å². The molecule has 3 aromatic carbocycles. The lowest BCUT2D eigenvalue weighted by molar-refractivity contribution is -0.112. The van der Waals surface area contributed by atoms with Crippen molar-refractivity contribution in [1.82, 2.24) is 0 Å². The topological polar surface area (TPSA) is 62.1 Å². The number of hydrogen-bond donors (Lipinski definition) is 1. The van der Waals surface area contributed by atoms with Crippen molar-refractivity contribution in [3.05, 3.63) is 98.9 Å². The van der Waals surface area contributed by atoms with Gasteiger partial charge in [-0.15, -0.1) is 0 Å². The Bertz CT molecular complexity index is 1070. The third-order valence-corrected chi connectivity index (χ3v) is 4.94. The number of carbonyl (C=O) groups is 1. The van der Waals surface area contributed by atoms with Crippen LogP contribution in [-0.4, -0.2) is 5.91 Å². The fraction of sp³-hybridized carbons (Fsp3) is 0.0435. The molecule has 1 N–H and O–H groups in total. The van der Waals surface area contributed by atoms with Crippen LogP contribution in [0.15, 0.2) is 78.4 Å². The number of para-hydroxylation sites is 1. The van der Waals surface area contributed by atoms with Crippen molar-refractivity contribution < 1.29 is 13.9 Å². The molecule has 0 spiro atoms. The Morgan fingerprint density at radius 2 is 1.76 bits per heavy atom. The average molecular weight is 498 g/mol. The van der Waals surface area contributed by atoms with Crippen molar-refractivity contribution in [3.63, 3.8) is 0 Å². The van der Waals surface area contributed by atoms with Gasteiger partial charge in [-0.2, -0.15) is 5.26 Å². The Morgan fingerprint density at radius 3 is 2.41 bits per heavy atom. The lowest BCUT2D eigenvalue weighted by atomic mass is 10.1. The van der Waals surface area contributed by atoms with E-state index in [1.807, 2.05) is 24.3 Å². The van der Waals surface area contributed by atoms with Crippen molar-refractivity contribution in [1.29, 1.82) is 5.26 Å². The summed E-state index contributed by atoms with van der Waals surface area (Å²) in [6.07, 6.45) is 1.52. The maximum absolute atomic E-state index is 12.9. The van der Waals surface area contributed by atoms with Gasteiger partial charge in [0.1, 0.15) is 29.8 Å². The summed E-state index contributed by atoms with van der Waals surface area (Å²) in [7, 11) is 0. The summed E-state index contributed by atoms with van der Waals surface area (Å²) in [5, 5.41) is 12.1. The van der Waals surface area contributed by atoms with Gasteiger partial charge < -0.3 is 10.1 Å². The van der Waals surface area contributed by atoms with Crippen LogP contribution in [0.5, 0.6) is 5.75 Å². The number of amides is 1. The monoisotopic (exact) mass is 498 g/mol. The van der Waals surface area contributed by atoms with Gasteiger partial charge in [-0.3, -0.25) is 4.79 Å². The molecule has 0 aliphatic rings. The number of nitrogens with one attached hydrogen (secondary N) is 1. The maximum Gasteiger partial charge on any atom is 0.266 e. The molecule has 0 atom stereocenters. The molecular formula is C23H16FIN2O2. The van der Waals surface area contributed by atoms with Crippen LogP contribution in [0.4, 0.5) is 10.1 Å². The van der Waals surface area contributed by atoms with Crippen molar-refractivity contribution in [2.24, 2.45) is 0 Å². The third kappa shape index (κ3) is 5.90. The van der Waals surface area contributed by atoms with E-state index in [4.69, 9.17) is 4.74 Å². The summed E-state index contributed by atoms with van der Waals surface area (Å²) in [5.41, 5.74) is 2.22. The standard InChI is InChI=1S/C23H16FIN2O2/c24-19-9-5-17(6-10-19)15-29-20-11-7-16(8-12-20)13-18(14-26)23(28)27-22-4-2-1-3-21(22)25/h1-13H,15H2,(H,27,28)/b18-13+. The number of nitriles is 1. The van der Waals surface area contributed by atoms with Gasteiger partial charge in [-0.1, -0.05) is 36.4 Å². The molecule has 6 heteroatoms. The van der Waals surface area contributed by atoms with Gasteiger partial charge in [-0.05, 0) is 76.2 Å². The van der Waals surface area contributed by atoms with Crippen molar-refractivity contribution >= 4 is 40.3 Å². The van der Waals surface area contributed by atoms with Crippen LogP contribution in [0.3, 0.4) is 0 Å². The molecule has 0 aliphatic heterocycles. The highest BCUT2D eigenvalue weighted by Gasteiger charge is 2.11. The van der Waals surface area contributed by atoms with E-state index in [1.54, 1.807) is 42.5 Å². The summed E-state index contributed by atoms with van der Waals surface area (Å²) in [4.78, 5) is 12.4. The first kappa shape index (κ1) is 20.6. The maximum atomic E-state index is 12.9. The molecule has 0 fully saturated rings. The van der Waals surface area contributed by atoms with Crippen LogP contribution in [0.25, 0.3) is 6.08 Å². The summed E-state index contributed by atoms with van der Waals surface area (Å²) in [5.74, 6) is -0.120. The van der Waals surface area contributed by atoms with Crippen LogP contribution >= 0.6 is 22.6 Å². The normalized spacial score (nSPS) is 10.9. The minimum absolute atomic E-state index is 0.00429. The minimum Gasteiger partial charge on any atom is -0.489 e. The molecule has 0 saturated carbocycles. The molecule has 0 aliphatic carbocycles. The first-order valence-corrected chi connectivity index (χ1v) is 9.78. The molecule has 0 aromatic heterocycles. The molecule has 0 saturated heterocycles. The third-order valence-electron chi connectivity index (χ3n) is 4.00. The lowest BCUT2D eigenvalue weighted by Crippen LogP contribution is -2.14. The second kappa shape index (κ2) is 9.85. The van der Waals surface area contributed by atoms with Crippen molar-refractivity contribution in [2.45, 2.75) is 6.61 Å². The number of rotatable bonds is 6. The number of halogens is 2. The molecule has 0 radical (unpaired) electrons. The SMILES string of the molecule is N#C/C(=C\c1ccc(OCc2ccc(F)cc2)cc1)C(=O)Nc1ccccc1I. The quantitative estimate of drug-likeness (QED) is 0.275. The number of hydrogen-bond acceptors (Lipinski definition) is 3. The smallest absolute Gasteiger partial charge is 0.266 e. The summed E-state index contributed by atoms with van der Waals surface area (Å²) < 4.78 is 19.5. The predicted molar refractivity (Wildman–Crippen MR) is 119 cm³/mol. The fourth-order valence-corrected chi connectivity index (χ4v) is 3.00. The van der Waals surface area contributed by atoms with Gasteiger partial charge in [0.2, 0.25) is 0 Å². The Labute approximate surface area is 181 Å². The highest BCUT2D eigenvalue weighted by Crippen LogP contribution is 2.19. The van der Waals surface area contributed by atoms with Crippen LogP contribution < -0.4 is 10.1 Å². The zero-order chi connectivity index (χ0) is 20.6. The summed E-state index contributed by atoms with van der Waals surface area (Å²) >= 11 is 2.12. The van der Waals surface area contributed by atoms with Gasteiger partial charge in [0.05, 0.1) is 5.69 Å². The van der Waals surface area contributed by atoms with E-state index >= 15 is 0 Å². The lowest BCUT2D eigenvalue weighted by Gasteiger charge is -2.07. The summed E-state index contributed by atoms with van der Waals surface area (Å²) in [6, 6.07) is 22.4. The predicted octanol–water partition coefficient (Wildman–Crippen LogP) is 5.55. The number of nitrogens with zero attached hydrogens (tertiary/aromatic N) is 1. The zero-order valence-electron chi connectivity index (χ0n) is 15.2. The Morgan fingerprint density at radius 1 is 1.07 bits per heavy atom. The van der Waals surface area contributed by atoms with Crippen molar-refractivity contribution in [3.8, 4) is 11.8 Å². The zero-order valence-corrected chi connectivity index (χ0v) is 17.4. The van der Waals surface area contributed by atoms with Crippen LogP contribution in [0, 0.1) is 20.7 Å². The minimum atomic E-state index is -0.465. The van der Waals surface area contributed by atoms with E-state index in [9.17, 15) is 14.4 Å². The molecule has 0 bridgehead atoms. The molecule has 29 heavy (non-hydrogen) atoms. The molecular weight excluding hydrogens is 482 g/mol. The van der Waals surface area contributed by atoms with Crippen molar-refractivity contribution in [2.75, 3.05) is 5.32 Å². The Kier molecular flexibility index (Phi) is 6.98. The molecule has 0 heterocycles. The number of ether oxygens (including phenoxy) is 1. The Hall–Kier alpha value is -3.18. The van der Waals surface area contributed by atoms with Crippen LogP contribution in [0.2, 0.25) is 0 Å². The molecule has 3 rings (SSSR count). The molecule has 4 nitrogen and oxygen atoms in total. The molecule has 144 valence electrons. The molecule has 1 amide bonds. The van der Waals surface area contributed by atoms with Crippen LogP contribution in [0.1, 0.15) is 11.1 Å². The number of carbonyl (C=O) groups excluding carboxylic acids is 1. The number of benzene rings is 3. The van der Waals surface area contributed by atoms with Crippen LogP contribution in [-0.2, 0) is 11.4 Å².